The molecule has 3 rings (SSSR count). The number of hydrogen-bond donors (Lipinski definition) is 1. The van der Waals surface area contributed by atoms with Gasteiger partial charge in [-0.15, -0.1) is 0 Å². The smallest absolute Gasteiger partial charge is 0.326 e. The Labute approximate surface area is 106 Å². The molecule has 1 heterocycles. The van der Waals surface area contributed by atoms with Crippen molar-refractivity contribution in [2.75, 3.05) is 7.11 Å². The van der Waals surface area contributed by atoms with Crippen LogP contribution in [0, 0.1) is 0 Å². The number of imidazole rings is 1. The Morgan fingerprint density at radius 2 is 2.06 bits per heavy atom. The minimum absolute atomic E-state index is 0.00477. The third kappa shape index (κ3) is 1.82. The first-order valence-electron chi connectivity index (χ1n) is 6.58. The number of benzene rings is 1. The molecule has 1 aromatic carbocycles. The molecule has 0 radical (unpaired) electrons. The van der Waals surface area contributed by atoms with Crippen molar-refractivity contribution < 1.29 is 4.74 Å². The zero-order chi connectivity index (χ0) is 12.5. The zero-order valence-electron chi connectivity index (χ0n) is 10.6. The SMILES string of the molecule is COc1ccc2c(c1)[nH]c(=O)n2C1CCCCC1. The van der Waals surface area contributed by atoms with E-state index in [9.17, 15) is 4.79 Å². The highest BCUT2D eigenvalue weighted by molar-refractivity contribution is 5.77. The van der Waals surface area contributed by atoms with Crippen LogP contribution < -0.4 is 10.4 Å². The predicted molar refractivity (Wildman–Crippen MR) is 71.2 cm³/mol. The largest absolute Gasteiger partial charge is 0.497 e. The average Bonchev–Trinajstić information content (AvgIpc) is 2.74. The lowest BCUT2D eigenvalue weighted by Gasteiger charge is -2.22. The molecule has 1 aliphatic rings. The Morgan fingerprint density at radius 1 is 1.28 bits per heavy atom. The van der Waals surface area contributed by atoms with Gasteiger partial charge in [0, 0.05) is 12.1 Å². The normalized spacial score (nSPS) is 17.2. The molecule has 0 spiro atoms. The predicted octanol–water partition coefficient (Wildman–Crippen LogP) is 2.84. The molecule has 0 amide bonds. The maximum absolute atomic E-state index is 12.1. The average molecular weight is 246 g/mol. The van der Waals surface area contributed by atoms with Crippen molar-refractivity contribution in [3.05, 3.63) is 28.7 Å². The van der Waals surface area contributed by atoms with E-state index in [4.69, 9.17) is 4.74 Å². The fourth-order valence-electron chi connectivity index (χ4n) is 2.94. The minimum Gasteiger partial charge on any atom is -0.497 e. The van der Waals surface area contributed by atoms with Crippen molar-refractivity contribution in [2.45, 2.75) is 38.1 Å². The lowest BCUT2D eigenvalue weighted by atomic mass is 9.95. The summed E-state index contributed by atoms with van der Waals surface area (Å²) >= 11 is 0. The number of fused-ring (bicyclic) bond motifs is 1. The van der Waals surface area contributed by atoms with Crippen LogP contribution in [0.5, 0.6) is 5.75 Å². The molecule has 0 unspecified atom stereocenters. The van der Waals surface area contributed by atoms with E-state index in [1.54, 1.807) is 7.11 Å². The second-order valence-electron chi connectivity index (χ2n) is 4.98. The molecule has 96 valence electrons. The first-order valence-corrected chi connectivity index (χ1v) is 6.58. The highest BCUT2D eigenvalue weighted by Crippen LogP contribution is 2.30. The number of nitrogens with one attached hydrogen (secondary N) is 1. The summed E-state index contributed by atoms with van der Waals surface area (Å²) in [5.74, 6) is 0.777. The van der Waals surface area contributed by atoms with E-state index in [-0.39, 0.29) is 5.69 Å². The van der Waals surface area contributed by atoms with Crippen LogP contribution in [0.1, 0.15) is 38.1 Å². The summed E-state index contributed by atoms with van der Waals surface area (Å²) in [6.07, 6.45) is 5.96. The fourth-order valence-corrected chi connectivity index (χ4v) is 2.94. The minimum atomic E-state index is 0.00477. The Balaban J connectivity index is 2.10. The lowest BCUT2D eigenvalue weighted by molar-refractivity contribution is 0.353. The Bertz CT molecular complexity index is 606. The first-order chi connectivity index (χ1) is 8.79. The van der Waals surface area contributed by atoms with Gasteiger partial charge in [-0.1, -0.05) is 19.3 Å². The van der Waals surface area contributed by atoms with E-state index >= 15 is 0 Å². The summed E-state index contributed by atoms with van der Waals surface area (Å²) in [5.41, 5.74) is 1.86. The van der Waals surface area contributed by atoms with E-state index in [1.807, 2.05) is 22.8 Å². The van der Waals surface area contributed by atoms with Crippen molar-refractivity contribution in [2.24, 2.45) is 0 Å². The van der Waals surface area contributed by atoms with E-state index in [1.165, 1.54) is 19.3 Å². The highest BCUT2D eigenvalue weighted by atomic mass is 16.5. The second-order valence-corrected chi connectivity index (χ2v) is 4.98. The van der Waals surface area contributed by atoms with Crippen molar-refractivity contribution >= 4 is 11.0 Å². The number of ether oxygens (including phenoxy) is 1. The van der Waals surface area contributed by atoms with Gasteiger partial charge in [0.2, 0.25) is 0 Å². The number of H-pyrrole nitrogens is 1. The van der Waals surface area contributed by atoms with Crippen LogP contribution in [0.15, 0.2) is 23.0 Å². The molecular formula is C14H18N2O2. The molecule has 2 aromatic rings. The quantitative estimate of drug-likeness (QED) is 0.885. The molecule has 1 saturated carbocycles. The van der Waals surface area contributed by atoms with Gasteiger partial charge >= 0.3 is 5.69 Å². The summed E-state index contributed by atoms with van der Waals surface area (Å²) in [6, 6.07) is 6.12. The van der Waals surface area contributed by atoms with Gasteiger partial charge in [-0.25, -0.2) is 4.79 Å². The van der Waals surface area contributed by atoms with Crippen LogP contribution in [0.4, 0.5) is 0 Å². The van der Waals surface area contributed by atoms with Crippen LogP contribution in [-0.4, -0.2) is 16.7 Å². The van der Waals surface area contributed by atoms with Gasteiger partial charge in [-0.2, -0.15) is 0 Å². The molecule has 1 fully saturated rings. The fraction of sp³-hybridized carbons (Fsp3) is 0.500. The summed E-state index contributed by atoms with van der Waals surface area (Å²) in [7, 11) is 1.64. The molecule has 0 atom stereocenters. The van der Waals surface area contributed by atoms with Crippen LogP contribution in [0.25, 0.3) is 11.0 Å². The van der Waals surface area contributed by atoms with Gasteiger partial charge < -0.3 is 9.72 Å². The highest BCUT2D eigenvalue weighted by Gasteiger charge is 2.19. The van der Waals surface area contributed by atoms with Crippen molar-refractivity contribution in [3.8, 4) is 5.75 Å². The molecule has 4 nitrogen and oxygen atoms in total. The lowest BCUT2D eigenvalue weighted by Crippen LogP contribution is -2.23. The summed E-state index contributed by atoms with van der Waals surface area (Å²) in [6.45, 7) is 0. The van der Waals surface area contributed by atoms with Gasteiger partial charge in [0.1, 0.15) is 5.75 Å². The number of aromatic amines is 1. The Morgan fingerprint density at radius 3 is 2.78 bits per heavy atom. The van der Waals surface area contributed by atoms with Crippen LogP contribution >= 0.6 is 0 Å². The van der Waals surface area contributed by atoms with E-state index < -0.39 is 0 Å². The molecule has 0 bridgehead atoms. The molecule has 1 aliphatic carbocycles. The van der Waals surface area contributed by atoms with Crippen molar-refractivity contribution in [1.29, 1.82) is 0 Å². The summed E-state index contributed by atoms with van der Waals surface area (Å²) in [4.78, 5) is 15.0. The second kappa shape index (κ2) is 4.52. The van der Waals surface area contributed by atoms with Gasteiger partial charge in [-0.05, 0) is 25.0 Å². The van der Waals surface area contributed by atoms with Gasteiger partial charge in [-0.3, -0.25) is 4.57 Å². The molecule has 0 saturated heterocycles. The zero-order valence-corrected chi connectivity index (χ0v) is 10.6. The van der Waals surface area contributed by atoms with Gasteiger partial charge in [0.25, 0.3) is 0 Å². The number of methoxy groups -OCH3 is 1. The summed E-state index contributed by atoms with van der Waals surface area (Å²) < 4.78 is 7.11. The molecule has 1 aromatic heterocycles. The molecule has 4 heteroatoms. The maximum atomic E-state index is 12.1. The van der Waals surface area contributed by atoms with Crippen LogP contribution in [-0.2, 0) is 0 Å². The molecule has 0 aliphatic heterocycles. The number of nitrogens with zero attached hydrogens (tertiary/aromatic N) is 1. The topological polar surface area (TPSA) is 47.0 Å². The van der Waals surface area contributed by atoms with Crippen molar-refractivity contribution in [1.82, 2.24) is 9.55 Å². The van der Waals surface area contributed by atoms with Crippen molar-refractivity contribution in [3.63, 3.8) is 0 Å². The monoisotopic (exact) mass is 246 g/mol. The Hall–Kier alpha value is -1.71. The molecule has 1 N–H and O–H groups in total. The standard InChI is InChI=1S/C14H18N2O2/c1-18-11-7-8-13-12(9-11)15-14(17)16(13)10-5-3-2-4-6-10/h7-10H,2-6H2,1H3,(H,15,17). The maximum Gasteiger partial charge on any atom is 0.326 e. The molecular weight excluding hydrogens is 228 g/mol. The Kier molecular flexibility index (Phi) is 2.86. The van der Waals surface area contributed by atoms with E-state index in [0.29, 0.717) is 6.04 Å². The van der Waals surface area contributed by atoms with E-state index in [0.717, 1.165) is 29.6 Å². The number of hydrogen-bond acceptors (Lipinski definition) is 2. The number of rotatable bonds is 2. The van der Waals surface area contributed by atoms with Crippen LogP contribution in [0.2, 0.25) is 0 Å². The van der Waals surface area contributed by atoms with Gasteiger partial charge in [0.15, 0.2) is 0 Å². The third-order valence-corrected chi connectivity index (χ3v) is 3.86. The number of aromatic nitrogens is 2. The summed E-state index contributed by atoms with van der Waals surface area (Å²) in [5, 5.41) is 0. The first kappa shape index (κ1) is 11.4. The molecule has 18 heavy (non-hydrogen) atoms. The third-order valence-electron chi connectivity index (χ3n) is 3.86. The van der Waals surface area contributed by atoms with Crippen LogP contribution in [0.3, 0.4) is 0 Å². The van der Waals surface area contributed by atoms with Gasteiger partial charge in [0.05, 0.1) is 18.1 Å². The van der Waals surface area contributed by atoms with E-state index in [2.05, 4.69) is 4.98 Å².